The number of aromatic nitrogens is 3. The zero-order chi connectivity index (χ0) is 9.80. The number of pyridine rings is 1. The van der Waals surface area contributed by atoms with Crippen molar-refractivity contribution in [3.63, 3.8) is 0 Å². The molecule has 0 fully saturated rings. The van der Waals surface area contributed by atoms with Gasteiger partial charge in [-0.05, 0) is 0 Å². The zero-order valence-corrected chi connectivity index (χ0v) is 8.20. The summed E-state index contributed by atoms with van der Waals surface area (Å²) in [5.74, 6) is 0.552. The summed E-state index contributed by atoms with van der Waals surface area (Å²) in [6, 6.07) is 0. The summed E-state index contributed by atoms with van der Waals surface area (Å²) in [5.41, 5.74) is 2.48. The lowest BCUT2D eigenvalue weighted by Crippen LogP contribution is -2.04. The standard InChI is InChI=1S/C9H9ClN4/c10-1-2-12-7-5-11-6-8-9(7)14-4-3-13-8/h3-6,12H,1-2H2. The van der Waals surface area contributed by atoms with Gasteiger partial charge in [-0.2, -0.15) is 0 Å². The average Bonchev–Trinajstić information content (AvgIpc) is 2.26. The van der Waals surface area contributed by atoms with Crippen LogP contribution in [0.5, 0.6) is 0 Å². The van der Waals surface area contributed by atoms with E-state index in [4.69, 9.17) is 11.6 Å². The van der Waals surface area contributed by atoms with Gasteiger partial charge in [0.25, 0.3) is 0 Å². The van der Waals surface area contributed by atoms with Gasteiger partial charge in [-0.3, -0.25) is 15.0 Å². The molecule has 0 saturated heterocycles. The number of nitrogens with zero attached hydrogens (tertiary/aromatic N) is 3. The first-order valence-electron chi connectivity index (χ1n) is 4.26. The Labute approximate surface area is 86.4 Å². The van der Waals surface area contributed by atoms with Crippen molar-refractivity contribution < 1.29 is 0 Å². The molecule has 2 rings (SSSR count). The number of fused-ring (bicyclic) bond motifs is 1. The van der Waals surface area contributed by atoms with Crippen LogP contribution in [-0.2, 0) is 0 Å². The van der Waals surface area contributed by atoms with Crippen LogP contribution in [0.25, 0.3) is 11.0 Å². The molecule has 0 aliphatic rings. The van der Waals surface area contributed by atoms with Gasteiger partial charge in [0.15, 0.2) is 0 Å². The SMILES string of the molecule is ClCCNc1cncc2nccnc12. The number of halogens is 1. The molecular formula is C9H9ClN4. The summed E-state index contributed by atoms with van der Waals surface area (Å²) in [6.45, 7) is 0.693. The second kappa shape index (κ2) is 4.19. The second-order valence-electron chi connectivity index (χ2n) is 2.73. The van der Waals surface area contributed by atoms with Crippen molar-refractivity contribution in [2.24, 2.45) is 0 Å². The Hall–Kier alpha value is -1.42. The van der Waals surface area contributed by atoms with E-state index in [0.717, 1.165) is 16.7 Å². The third kappa shape index (κ3) is 1.75. The van der Waals surface area contributed by atoms with E-state index in [1.54, 1.807) is 24.8 Å². The summed E-state index contributed by atoms with van der Waals surface area (Å²) < 4.78 is 0. The highest BCUT2D eigenvalue weighted by molar-refractivity contribution is 6.18. The van der Waals surface area contributed by atoms with Gasteiger partial charge in [0.05, 0.1) is 18.1 Å². The summed E-state index contributed by atoms with van der Waals surface area (Å²) in [5, 5.41) is 3.14. The van der Waals surface area contributed by atoms with Crippen molar-refractivity contribution in [3.8, 4) is 0 Å². The summed E-state index contributed by atoms with van der Waals surface area (Å²) in [6.07, 6.45) is 6.72. The molecule has 0 atom stereocenters. The van der Waals surface area contributed by atoms with Gasteiger partial charge in [0.2, 0.25) is 0 Å². The topological polar surface area (TPSA) is 50.7 Å². The molecule has 5 heteroatoms. The van der Waals surface area contributed by atoms with E-state index < -0.39 is 0 Å². The molecule has 72 valence electrons. The van der Waals surface area contributed by atoms with Crippen molar-refractivity contribution in [2.75, 3.05) is 17.7 Å². The molecular weight excluding hydrogens is 200 g/mol. The fourth-order valence-electron chi connectivity index (χ4n) is 1.21. The number of hydrogen-bond donors (Lipinski definition) is 1. The molecule has 0 unspecified atom stereocenters. The molecule has 0 saturated carbocycles. The molecule has 0 spiro atoms. The maximum Gasteiger partial charge on any atom is 0.115 e. The first-order chi connectivity index (χ1) is 6.92. The van der Waals surface area contributed by atoms with Crippen LogP contribution in [0.3, 0.4) is 0 Å². The van der Waals surface area contributed by atoms with Gasteiger partial charge in [0.1, 0.15) is 11.0 Å². The molecule has 2 aromatic rings. The summed E-state index contributed by atoms with van der Waals surface area (Å²) in [7, 11) is 0. The molecule has 0 aromatic carbocycles. The highest BCUT2D eigenvalue weighted by Crippen LogP contribution is 2.16. The van der Waals surface area contributed by atoms with Gasteiger partial charge in [-0.15, -0.1) is 11.6 Å². The number of hydrogen-bond acceptors (Lipinski definition) is 4. The van der Waals surface area contributed by atoms with E-state index in [0.29, 0.717) is 12.4 Å². The van der Waals surface area contributed by atoms with Crippen molar-refractivity contribution in [2.45, 2.75) is 0 Å². The molecule has 14 heavy (non-hydrogen) atoms. The maximum absolute atomic E-state index is 5.58. The smallest absolute Gasteiger partial charge is 0.115 e. The first kappa shape index (κ1) is 9.15. The predicted octanol–water partition coefficient (Wildman–Crippen LogP) is 1.68. The maximum atomic E-state index is 5.58. The minimum absolute atomic E-state index is 0.552. The molecule has 0 aliphatic carbocycles. The molecule has 1 N–H and O–H groups in total. The highest BCUT2D eigenvalue weighted by atomic mass is 35.5. The van der Waals surface area contributed by atoms with Crippen molar-refractivity contribution in [3.05, 3.63) is 24.8 Å². The van der Waals surface area contributed by atoms with Crippen LogP contribution in [0.1, 0.15) is 0 Å². The Morgan fingerprint density at radius 2 is 2.07 bits per heavy atom. The lowest BCUT2D eigenvalue weighted by molar-refractivity contribution is 1.19. The van der Waals surface area contributed by atoms with Gasteiger partial charge in [-0.1, -0.05) is 0 Å². The van der Waals surface area contributed by atoms with Gasteiger partial charge in [0, 0.05) is 24.8 Å². The van der Waals surface area contributed by atoms with E-state index in [1.165, 1.54) is 0 Å². The highest BCUT2D eigenvalue weighted by Gasteiger charge is 2.01. The van der Waals surface area contributed by atoms with Crippen LogP contribution in [0.15, 0.2) is 24.8 Å². The number of alkyl halides is 1. The molecule has 2 heterocycles. The third-order valence-electron chi connectivity index (χ3n) is 1.79. The van der Waals surface area contributed by atoms with Gasteiger partial charge in [-0.25, -0.2) is 0 Å². The van der Waals surface area contributed by atoms with Crippen LogP contribution < -0.4 is 5.32 Å². The summed E-state index contributed by atoms with van der Waals surface area (Å²) in [4.78, 5) is 12.4. The van der Waals surface area contributed by atoms with Crippen LogP contribution in [0.2, 0.25) is 0 Å². The predicted molar refractivity (Wildman–Crippen MR) is 56.5 cm³/mol. The van der Waals surface area contributed by atoms with E-state index in [1.807, 2.05) is 0 Å². The van der Waals surface area contributed by atoms with Crippen LogP contribution in [-0.4, -0.2) is 27.4 Å². The average molecular weight is 209 g/mol. The van der Waals surface area contributed by atoms with Crippen LogP contribution in [0.4, 0.5) is 5.69 Å². The third-order valence-corrected chi connectivity index (χ3v) is 1.98. The van der Waals surface area contributed by atoms with Crippen LogP contribution >= 0.6 is 11.6 Å². The largest absolute Gasteiger partial charge is 0.381 e. The normalized spacial score (nSPS) is 10.4. The monoisotopic (exact) mass is 208 g/mol. The van der Waals surface area contributed by atoms with Crippen molar-refractivity contribution >= 4 is 28.3 Å². The Bertz CT molecular complexity index is 427. The van der Waals surface area contributed by atoms with Gasteiger partial charge >= 0.3 is 0 Å². The van der Waals surface area contributed by atoms with E-state index in [-0.39, 0.29) is 0 Å². The Morgan fingerprint density at radius 1 is 1.21 bits per heavy atom. The minimum atomic E-state index is 0.552. The molecule has 0 radical (unpaired) electrons. The fraction of sp³-hybridized carbons (Fsp3) is 0.222. The fourth-order valence-corrected chi connectivity index (χ4v) is 1.30. The molecule has 0 bridgehead atoms. The molecule has 2 aromatic heterocycles. The Kier molecular flexibility index (Phi) is 2.74. The van der Waals surface area contributed by atoms with Crippen molar-refractivity contribution in [1.29, 1.82) is 0 Å². The molecule has 4 nitrogen and oxygen atoms in total. The van der Waals surface area contributed by atoms with E-state index in [2.05, 4.69) is 20.3 Å². The summed E-state index contributed by atoms with van der Waals surface area (Å²) >= 11 is 5.58. The lowest BCUT2D eigenvalue weighted by Gasteiger charge is -2.05. The number of rotatable bonds is 3. The second-order valence-corrected chi connectivity index (χ2v) is 3.10. The quantitative estimate of drug-likeness (QED) is 0.780. The Balaban J connectivity index is 2.43. The number of nitrogens with one attached hydrogen (secondary N) is 1. The lowest BCUT2D eigenvalue weighted by atomic mass is 10.3. The zero-order valence-electron chi connectivity index (χ0n) is 7.44. The number of anilines is 1. The Morgan fingerprint density at radius 3 is 2.93 bits per heavy atom. The van der Waals surface area contributed by atoms with Crippen LogP contribution in [0, 0.1) is 0 Å². The van der Waals surface area contributed by atoms with Gasteiger partial charge < -0.3 is 5.32 Å². The molecule has 0 amide bonds. The molecule has 0 aliphatic heterocycles. The van der Waals surface area contributed by atoms with E-state index in [9.17, 15) is 0 Å². The van der Waals surface area contributed by atoms with E-state index >= 15 is 0 Å². The van der Waals surface area contributed by atoms with Crippen molar-refractivity contribution in [1.82, 2.24) is 15.0 Å². The minimum Gasteiger partial charge on any atom is -0.381 e. The first-order valence-corrected chi connectivity index (χ1v) is 4.80.